The molecule has 0 radical (unpaired) electrons. The molecule has 22 heteroatoms. The summed E-state index contributed by atoms with van der Waals surface area (Å²) in [5.74, 6) is -0.481. The van der Waals surface area contributed by atoms with Gasteiger partial charge in [0.25, 0.3) is 5.56 Å². The van der Waals surface area contributed by atoms with Crippen LogP contribution in [0.2, 0.25) is 0 Å². The maximum atomic E-state index is 12.8. The van der Waals surface area contributed by atoms with Crippen molar-refractivity contribution < 1.29 is 38.2 Å². The summed E-state index contributed by atoms with van der Waals surface area (Å²) in [6.45, 7) is -1.38. The molecule has 0 bridgehead atoms. The number of H-pyrrole nitrogens is 1. The summed E-state index contributed by atoms with van der Waals surface area (Å²) in [4.78, 5) is 52.0. The van der Waals surface area contributed by atoms with E-state index in [-0.39, 0.29) is 23.1 Å². The van der Waals surface area contributed by atoms with Gasteiger partial charge in [0.2, 0.25) is 11.9 Å². The maximum Gasteiger partial charge on any atom is 0.472 e. The van der Waals surface area contributed by atoms with Crippen LogP contribution in [0.15, 0.2) is 22.2 Å². The minimum Gasteiger partial charge on any atom is -0.394 e. The Morgan fingerprint density at radius 2 is 1.75 bits per heavy atom. The number of nitrogens with zero attached hydrogens (tertiary/aromatic N) is 6. The van der Waals surface area contributed by atoms with Gasteiger partial charge in [0.1, 0.15) is 41.5 Å². The molecule has 8 N–H and O–H groups in total. The minimum absolute atomic E-state index is 0.0147. The van der Waals surface area contributed by atoms with E-state index in [1.807, 2.05) is 0 Å². The van der Waals surface area contributed by atoms with Crippen molar-refractivity contribution in [3.63, 3.8) is 0 Å². The van der Waals surface area contributed by atoms with Crippen LogP contribution in [-0.4, -0.2) is 97.5 Å². The van der Waals surface area contributed by atoms with Crippen molar-refractivity contribution in [2.24, 2.45) is 0 Å². The molecule has 0 amide bonds. The second kappa shape index (κ2) is 10.9. The Labute approximate surface area is 232 Å². The number of aliphatic hydroxyl groups excluding tert-OH is 2. The van der Waals surface area contributed by atoms with Crippen LogP contribution in [0.1, 0.15) is 12.5 Å². The van der Waals surface area contributed by atoms with E-state index >= 15 is 0 Å². The number of phosphoric acid groups is 1. The van der Waals surface area contributed by atoms with Gasteiger partial charge in [-0.25, -0.2) is 19.3 Å². The predicted octanol–water partition coefficient (Wildman–Crippen LogP) is -2.20. The van der Waals surface area contributed by atoms with Crippen LogP contribution < -0.4 is 22.7 Å². The number of nitrogen functional groups attached to an aromatic ring is 2. The van der Waals surface area contributed by atoms with E-state index < -0.39 is 79.9 Å². The van der Waals surface area contributed by atoms with Crippen LogP contribution in [-0.2, 0) is 23.1 Å². The predicted molar refractivity (Wildman–Crippen MR) is 134 cm³/mol. The molecule has 0 spiro atoms. The fourth-order valence-corrected chi connectivity index (χ4v) is 6.05. The number of aromatic amines is 1. The van der Waals surface area contributed by atoms with Gasteiger partial charge in [0, 0.05) is 0 Å². The highest BCUT2D eigenvalue weighted by Crippen LogP contribution is 2.50. The van der Waals surface area contributed by atoms with Crippen LogP contribution in [0.4, 0.5) is 11.9 Å². The number of imidazole rings is 1. The van der Waals surface area contributed by atoms with Gasteiger partial charge < -0.3 is 36.0 Å². The first-order valence-electron chi connectivity index (χ1n) is 11.4. The molecule has 2 fully saturated rings. The Kier molecular flexibility index (Phi) is 7.87. The smallest absolute Gasteiger partial charge is 0.394 e. The Morgan fingerprint density at radius 3 is 2.45 bits per heavy atom. The zero-order valence-corrected chi connectivity index (χ0v) is 22.3. The zero-order valence-electron chi connectivity index (χ0n) is 19.9. The van der Waals surface area contributed by atoms with Crippen molar-refractivity contribution in [2.45, 2.75) is 47.6 Å². The van der Waals surface area contributed by atoms with Gasteiger partial charge in [-0.05, 0) is 0 Å². The lowest BCUT2D eigenvalue weighted by molar-refractivity contribution is -0.0567. The standard InChI is InChI=1S/C18H22Cl2N9O10P/c19-7-10(31)6(38-14(7)29-4-24-16(21)27-18(29)33)2-36-40(34,35)39-11-5(1-30)37-15(8(11)20)28-3-23-9-12(28)25-17(22)26-13(9)32/h3-8,10-11,14-15,30-31H,1-2H2,(H,34,35)(H2,21,27,33)(H3,22,25,26,32)/t5-,6-,7?,8?,10+,11+,14-,15-/m1/s1. The normalized spacial score (nSPS) is 32.0. The van der Waals surface area contributed by atoms with Crippen molar-refractivity contribution >= 4 is 54.1 Å². The minimum atomic E-state index is -4.94. The van der Waals surface area contributed by atoms with Gasteiger partial charge in [0.05, 0.1) is 19.5 Å². The SMILES string of the molecule is Nc1ncn([C@@H]2O[C@H](COP(=O)(O)O[C@@H]3C(Cl)[C@H](n4cnc5c(=O)[nH]c(N)nc54)O[C@@H]3CO)[C@H](O)C2Cl)c(=O)n1. The molecule has 3 unspecified atom stereocenters. The van der Waals surface area contributed by atoms with E-state index in [9.17, 15) is 29.3 Å². The number of hydrogen-bond acceptors (Lipinski definition) is 15. The van der Waals surface area contributed by atoms with Crippen molar-refractivity contribution in [2.75, 3.05) is 24.7 Å². The fraction of sp³-hybridized carbons (Fsp3) is 0.556. The highest BCUT2D eigenvalue weighted by molar-refractivity contribution is 7.47. The van der Waals surface area contributed by atoms with Crippen LogP contribution in [0.25, 0.3) is 11.2 Å². The number of ether oxygens (including phenoxy) is 2. The van der Waals surface area contributed by atoms with Gasteiger partial charge in [0.15, 0.2) is 23.6 Å². The zero-order chi connectivity index (χ0) is 28.9. The summed E-state index contributed by atoms with van der Waals surface area (Å²) in [6.07, 6.45) is -5.51. The molecule has 2 saturated heterocycles. The first-order chi connectivity index (χ1) is 18.9. The number of nitrogens with one attached hydrogen (secondary N) is 1. The number of halogens is 2. The molecule has 5 rings (SSSR count). The van der Waals surface area contributed by atoms with E-state index in [0.29, 0.717) is 0 Å². The lowest BCUT2D eigenvalue weighted by Crippen LogP contribution is -2.34. The second-order valence-corrected chi connectivity index (χ2v) is 11.1. The molecule has 3 aromatic rings. The number of nitrogens with two attached hydrogens (primary N) is 2. The van der Waals surface area contributed by atoms with E-state index in [1.54, 1.807) is 0 Å². The topological polar surface area (TPSA) is 278 Å². The van der Waals surface area contributed by atoms with Gasteiger partial charge in [-0.15, -0.1) is 23.2 Å². The third-order valence-corrected chi connectivity index (χ3v) is 8.06. The number of aliphatic hydroxyl groups is 2. The molecule has 3 aromatic heterocycles. The molecule has 5 heterocycles. The summed E-state index contributed by atoms with van der Waals surface area (Å²) in [6, 6.07) is 0. The third-order valence-electron chi connectivity index (χ3n) is 6.14. The van der Waals surface area contributed by atoms with Gasteiger partial charge in [-0.2, -0.15) is 9.97 Å². The molecule has 218 valence electrons. The molecule has 19 nitrogen and oxygen atoms in total. The van der Waals surface area contributed by atoms with E-state index in [2.05, 4.69) is 24.9 Å². The van der Waals surface area contributed by atoms with Crippen LogP contribution in [0.3, 0.4) is 0 Å². The molecule has 2 aliphatic rings. The van der Waals surface area contributed by atoms with Gasteiger partial charge in [-0.1, -0.05) is 0 Å². The van der Waals surface area contributed by atoms with E-state index in [1.165, 1.54) is 10.9 Å². The number of phosphoric ester groups is 1. The van der Waals surface area contributed by atoms with E-state index in [4.69, 9.17) is 53.2 Å². The van der Waals surface area contributed by atoms with Gasteiger partial charge >= 0.3 is 13.5 Å². The monoisotopic (exact) mass is 625 g/mol. The van der Waals surface area contributed by atoms with Crippen molar-refractivity contribution in [3.8, 4) is 0 Å². The first kappa shape index (κ1) is 28.8. The first-order valence-corrected chi connectivity index (χ1v) is 13.7. The highest BCUT2D eigenvalue weighted by atomic mass is 35.5. The summed E-state index contributed by atoms with van der Waals surface area (Å²) in [5, 5.41) is 17.9. The summed E-state index contributed by atoms with van der Waals surface area (Å²) in [5.41, 5.74) is 9.47. The second-order valence-electron chi connectivity index (χ2n) is 8.71. The molecule has 40 heavy (non-hydrogen) atoms. The molecular formula is C18H22Cl2N9O10P. The Morgan fingerprint density at radius 1 is 1.07 bits per heavy atom. The number of aromatic nitrogens is 7. The largest absolute Gasteiger partial charge is 0.472 e. The highest BCUT2D eigenvalue weighted by Gasteiger charge is 2.50. The quantitative estimate of drug-likeness (QED) is 0.114. The van der Waals surface area contributed by atoms with Crippen molar-refractivity contribution in [1.82, 2.24) is 34.1 Å². The molecular weight excluding hydrogens is 604 g/mol. The number of hydrogen-bond donors (Lipinski definition) is 6. The molecule has 0 aliphatic carbocycles. The van der Waals surface area contributed by atoms with Crippen LogP contribution in [0, 0.1) is 0 Å². The number of fused-ring (bicyclic) bond motifs is 1. The molecule has 0 saturated carbocycles. The molecule has 2 aliphatic heterocycles. The Bertz CT molecular complexity index is 1570. The average Bonchev–Trinajstić information content (AvgIpc) is 3.53. The maximum absolute atomic E-state index is 12.8. The van der Waals surface area contributed by atoms with Crippen LogP contribution in [0.5, 0.6) is 0 Å². The molecule has 0 aromatic carbocycles. The molecule has 9 atom stereocenters. The van der Waals surface area contributed by atoms with E-state index in [0.717, 1.165) is 10.9 Å². The number of alkyl halides is 2. The van der Waals surface area contributed by atoms with Gasteiger partial charge in [-0.3, -0.25) is 28.0 Å². The Balaban J connectivity index is 1.28. The number of anilines is 2. The summed E-state index contributed by atoms with van der Waals surface area (Å²) < 4.78 is 36.5. The lowest BCUT2D eigenvalue weighted by Gasteiger charge is -2.23. The average molecular weight is 626 g/mol. The van der Waals surface area contributed by atoms with Crippen molar-refractivity contribution in [1.29, 1.82) is 0 Å². The summed E-state index contributed by atoms with van der Waals surface area (Å²) in [7, 11) is -4.94. The summed E-state index contributed by atoms with van der Waals surface area (Å²) >= 11 is 12.7. The lowest BCUT2D eigenvalue weighted by atomic mass is 10.2. The fourth-order valence-electron chi connectivity index (χ4n) is 4.27. The van der Waals surface area contributed by atoms with Crippen molar-refractivity contribution in [3.05, 3.63) is 33.5 Å². The van der Waals surface area contributed by atoms with Crippen LogP contribution >= 0.6 is 31.0 Å². The third kappa shape index (κ3) is 5.32. The number of rotatable bonds is 8. The Hall–Kier alpha value is -2.71.